The minimum Gasteiger partial charge on any atom is -0.477 e. The monoisotopic (exact) mass is 290 g/mol. The zero-order chi connectivity index (χ0) is 14.7. The van der Waals surface area contributed by atoms with Gasteiger partial charge in [-0.15, -0.1) is 11.3 Å². The molecule has 0 unspecified atom stereocenters. The van der Waals surface area contributed by atoms with Crippen molar-refractivity contribution in [3.05, 3.63) is 51.0 Å². The van der Waals surface area contributed by atoms with E-state index in [9.17, 15) is 9.59 Å². The Bertz CT molecular complexity index is 645. The lowest BCUT2D eigenvalue weighted by molar-refractivity contribution is 0.0690. The number of pyridine rings is 1. The molecule has 0 bridgehead atoms. The van der Waals surface area contributed by atoms with Crippen LogP contribution in [-0.4, -0.2) is 22.0 Å². The van der Waals surface area contributed by atoms with E-state index in [1.165, 1.54) is 28.6 Å². The lowest BCUT2D eigenvalue weighted by Crippen LogP contribution is -2.24. The molecule has 2 rings (SSSR count). The number of nitrogens with one attached hydrogen (secondary N) is 1. The molecule has 20 heavy (non-hydrogen) atoms. The van der Waals surface area contributed by atoms with Crippen LogP contribution in [0.25, 0.3) is 0 Å². The Morgan fingerprint density at radius 1 is 1.30 bits per heavy atom. The largest absolute Gasteiger partial charge is 0.477 e. The fourth-order valence-electron chi connectivity index (χ4n) is 1.68. The number of aromatic nitrogens is 1. The molecule has 0 aliphatic rings. The summed E-state index contributed by atoms with van der Waals surface area (Å²) in [7, 11) is 0. The minimum absolute atomic E-state index is 0.106. The second-order valence-corrected chi connectivity index (χ2v) is 5.69. The number of hydrogen-bond acceptors (Lipinski definition) is 4. The first-order valence-electron chi connectivity index (χ1n) is 6.02. The normalized spacial score (nSPS) is 10.3. The van der Waals surface area contributed by atoms with E-state index in [1.54, 1.807) is 11.3 Å². The van der Waals surface area contributed by atoms with Crippen molar-refractivity contribution in [1.82, 2.24) is 10.3 Å². The molecule has 5 nitrogen and oxygen atoms in total. The molecule has 2 aromatic heterocycles. The van der Waals surface area contributed by atoms with E-state index in [0.29, 0.717) is 6.54 Å². The van der Waals surface area contributed by atoms with E-state index in [1.807, 2.05) is 19.9 Å². The number of carbonyl (C=O) groups excluding carboxylic acids is 1. The molecular formula is C14H14N2O3S. The average molecular weight is 290 g/mol. The number of thiophene rings is 1. The van der Waals surface area contributed by atoms with E-state index < -0.39 is 5.97 Å². The van der Waals surface area contributed by atoms with Gasteiger partial charge in [0.2, 0.25) is 0 Å². The van der Waals surface area contributed by atoms with Crippen molar-refractivity contribution in [2.75, 3.05) is 0 Å². The van der Waals surface area contributed by atoms with Crippen molar-refractivity contribution in [1.29, 1.82) is 0 Å². The molecule has 2 N–H and O–H groups in total. The number of carbonyl (C=O) groups is 2. The molecule has 0 aromatic carbocycles. The predicted molar refractivity (Wildman–Crippen MR) is 76.2 cm³/mol. The highest BCUT2D eigenvalue weighted by atomic mass is 32.1. The molecule has 2 aromatic rings. The molecule has 2 heterocycles. The Morgan fingerprint density at radius 2 is 2.00 bits per heavy atom. The van der Waals surface area contributed by atoms with Crippen LogP contribution in [0, 0.1) is 13.8 Å². The Balaban J connectivity index is 2.05. The molecule has 0 atom stereocenters. The Morgan fingerprint density at radius 3 is 2.60 bits per heavy atom. The van der Waals surface area contributed by atoms with Crippen LogP contribution in [0.1, 0.15) is 36.3 Å². The second kappa shape index (κ2) is 5.83. The summed E-state index contributed by atoms with van der Waals surface area (Å²) in [6, 6.07) is 6.38. The van der Waals surface area contributed by atoms with Crippen LogP contribution >= 0.6 is 11.3 Å². The van der Waals surface area contributed by atoms with Crippen molar-refractivity contribution in [3.63, 3.8) is 0 Å². The molecule has 0 saturated carbocycles. The van der Waals surface area contributed by atoms with Gasteiger partial charge in [-0.3, -0.25) is 4.79 Å². The topological polar surface area (TPSA) is 79.3 Å². The van der Waals surface area contributed by atoms with E-state index in [-0.39, 0.29) is 17.3 Å². The third-order valence-electron chi connectivity index (χ3n) is 2.84. The third kappa shape index (κ3) is 3.21. The maximum Gasteiger partial charge on any atom is 0.354 e. The van der Waals surface area contributed by atoms with E-state index in [2.05, 4.69) is 10.3 Å². The standard InChI is InChI=1S/C14H14N2O3S/c1-8-6-10(20-9(8)2)7-15-13(17)11-4-3-5-12(16-11)14(18)19/h3-6H,7H2,1-2H3,(H,15,17)(H,18,19). The van der Waals surface area contributed by atoms with Gasteiger partial charge in [-0.25, -0.2) is 9.78 Å². The smallest absolute Gasteiger partial charge is 0.354 e. The summed E-state index contributed by atoms with van der Waals surface area (Å²) >= 11 is 1.63. The summed E-state index contributed by atoms with van der Waals surface area (Å²) in [6.45, 7) is 4.47. The number of aryl methyl sites for hydroxylation is 2. The van der Waals surface area contributed by atoms with Crippen molar-refractivity contribution >= 4 is 23.2 Å². The van der Waals surface area contributed by atoms with Gasteiger partial charge < -0.3 is 10.4 Å². The number of rotatable bonds is 4. The van der Waals surface area contributed by atoms with Gasteiger partial charge in [0.05, 0.1) is 6.54 Å². The van der Waals surface area contributed by atoms with E-state index in [4.69, 9.17) is 5.11 Å². The SMILES string of the molecule is Cc1cc(CNC(=O)c2cccc(C(=O)O)n2)sc1C. The Labute approximate surface area is 120 Å². The number of carboxylic acid groups (broad SMARTS) is 1. The molecule has 0 radical (unpaired) electrons. The lowest BCUT2D eigenvalue weighted by Gasteiger charge is -2.03. The summed E-state index contributed by atoms with van der Waals surface area (Å²) in [5.74, 6) is -1.53. The summed E-state index contributed by atoms with van der Waals surface area (Å²) in [5, 5.41) is 11.6. The fraction of sp³-hybridized carbons (Fsp3) is 0.214. The highest BCUT2D eigenvalue weighted by Gasteiger charge is 2.11. The second-order valence-electron chi connectivity index (χ2n) is 4.35. The van der Waals surface area contributed by atoms with Crippen LogP contribution in [-0.2, 0) is 6.54 Å². The first-order chi connectivity index (χ1) is 9.47. The maximum atomic E-state index is 11.9. The molecule has 0 fully saturated rings. The maximum absolute atomic E-state index is 11.9. The zero-order valence-corrected chi connectivity index (χ0v) is 12.0. The first-order valence-corrected chi connectivity index (χ1v) is 6.83. The van der Waals surface area contributed by atoms with Gasteiger partial charge in [0, 0.05) is 9.75 Å². The Hall–Kier alpha value is -2.21. The van der Waals surface area contributed by atoms with E-state index >= 15 is 0 Å². The van der Waals surface area contributed by atoms with Gasteiger partial charge >= 0.3 is 5.97 Å². The molecule has 0 saturated heterocycles. The molecule has 104 valence electrons. The van der Waals surface area contributed by atoms with Crippen molar-refractivity contribution in [2.24, 2.45) is 0 Å². The van der Waals surface area contributed by atoms with Crippen molar-refractivity contribution in [2.45, 2.75) is 20.4 Å². The van der Waals surface area contributed by atoms with Crippen LogP contribution in [0.3, 0.4) is 0 Å². The minimum atomic E-state index is -1.15. The van der Waals surface area contributed by atoms with Gasteiger partial charge in [-0.1, -0.05) is 6.07 Å². The lowest BCUT2D eigenvalue weighted by atomic mass is 10.2. The van der Waals surface area contributed by atoms with Gasteiger partial charge in [0.25, 0.3) is 5.91 Å². The Kier molecular flexibility index (Phi) is 4.14. The summed E-state index contributed by atoms with van der Waals surface area (Å²) in [6.07, 6.45) is 0. The van der Waals surface area contributed by atoms with Gasteiger partial charge in [-0.2, -0.15) is 0 Å². The van der Waals surface area contributed by atoms with Crippen LogP contribution in [0.4, 0.5) is 0 Å². The summed E-state index contributed by atoms with van der Waals surface area (Å²) in [4.78, 5) is 28.8. The van der Waals surface area contributed by atoms with E-state index in [0.717, 1.165) is 4.88 Å². The van der Waals surface area contributed by atoms with Crippen molar-refractivity contribution in [3.8, 4) is 0 Å². The molecular weight excluding hydrogens is 276 g/mol. The third-order valence-corrected chi connectivity index (χ3v) is 3.99. The molecule has 0 aliphatic carbocycles. The van der Waals surface area contributed by atoms with Gasteiger partial charge in [0.1, 0.15) is 11.4 Å². The first kappa shape index (κ1) is 14.2. The quantitative estimate of drug-likeness (QED) is 0.906. The number of aromatic carboxylic acids is 1. The highest BCUT2D eigenvalue weighted by molar-refractivity contribution is 7.12. The van der Waals surface area contributed by atoms with Gasteiger partial charge in [0.15, 0.2) is 0 Å². The van der Waals surface area contributed by atoms with Crippen LogP contribution in [0.5, 0.6) is 0 Å². The highest BCUT2D eigenvalue weighted by Crippen LogP contribution is 2.20. The predicted octanol–water partition coefficient (Wildman–Crippen LogP) is 2.39. The summed E-state index contributed by atoms with van der Waals surface area (Å²) in [5.41, 5.74) is 1.17. The number of nitrogens with zero attached hydrogens (tertiary/aromatic N) is 1. The summed E-state index contributed by atoms with van der Waals surface area (Å²) < 4.78 is 0. The molecule has 0 spiro atoms. The average Bonchev–Trinajstić information content (AvgIpc) is 2.75. The number of carboxylic acids is 1. The van der Waals surface area contributed by atoms with Crippen LogP contribution in [0.15, 0.2) is 24.3 Å². The molecule has 6 heteroatoms. The van der Waals surface area contributed by atoms with Crippen LogP contribution in [0.2, 0.25) is 0 Å². The van der Waals surface area contributed by atoms with Gasteiger partial charge in [-0.05, 0) is 37.6 Å². The van der Waals surface area contributed by atoms with Crippen molar-refractivity contribution < 1.29 is 14.7 Å². The molecule has 1 amide bonds. The zero-order valence-electron chi connectivity index (χ0n) is 11.1. The number of amides is 1. The van der Waals surface area contributed by atoms with Crippen LogP contribution < -0.4 is 5.32 Å². The number of hydrogen-bond donors (Lipinski definition) is 2. The fourth-order valence-corrected chi connectivity index (χ4v) is 2.67. The molecule has 0 aliphatic heterocycles.